The normalized spacial score (nSPS) is 19.8. The first kappa shape index (κ1) is 11.3. The predicted octanol–water partition coefficient (Wildman–Crippen LogP) is 2.17. The van der Waals surface area contributed by atoms with Gasteiger partial charge in [-0.2, -0.15) is 0 Å². The minimum absolute atomic E-state index is 0.602. The van der Waals surface area contributed by atoms with Crippen LogP contribution in [-0.4, -0.2) is 26.2 Å². The van der Waals surface area contributed by atoms with E-state index in [1.807, 2.05) is 6.07 Å². The summed E-state index contributed by atoms with van der Waals surface area (Å²) in [6, 6.07) is 6.82. The Balaban J connectivity index is 1.98. The minimum Gasteiger partial charge on any atom is -0.495 e. The Kier molecular flexibility index (Phi) is 3.67. The van der Waals surface area contributed by atoms with Gasteiger partial charge >= 0.3 is 0 Å². The van der Waals surface area contributed by atoms with Gasteiger partial charge in [0.05, 0.1) is 12.8 Å². The second-order valence-corrected chi connectivity index (χ2v) is 4.38. The van der Waals surface area contributed by atoms with Crippen LogP contribution in [0.5, 0.6) is 5.75 Å². The molecule has 2 rings (SSSR count). The Hall–Kier alpha value is -1.22. The average Bonchev–Trinajstić information content (AvgIpc) is 2.79. The van der Waals surface area contributed by atoms with Gasteiger partial charge in [0, 0.05) is 12.6 Å². The summed E-state index contributed by atoms with van der Waals surface area (Å²) >= 11 is 0. The van der Waals surface area contributed by atoms with Crippen LogP contribution in [0.2, 0.25) is 0 Å². The highest BCUT2D eigenvalue weighted by Gasteiger charge is 2.14. The standard InChI is InChI=1S/C13H20N2O/c1-10-5-6-13(16-2)12(8-10)15-9-11-4-3-7-14-11/h5-6,8,11,14-15H,3-4,7,9H2,1-2H3. The van der Waals surface area contributed by atoms with Crippen molar-refractivity contribution in [1.82, 2.24) is 5.32 Å². The van der Waals surface area contributed by atoms with Gasteiger partial charge < -0.3 is 15.4 Å². The Labute approximate surface area is 97.2 Å². The molecule has 0 radical (unpaired) electrons. The summed E-state index contributed by atoms with van der Waals surface area (Å²) in [5.74, 6) is 0.920. The molecule has 0 amide bonds. The molecular weight excluding hydrogens is 200 g/mol. The van der Waals surface area contributed by atoms with Crippen molar-refractivity contribution in [2.45, 2.75) is 25.8 Å². The van der Waals surface area contributed by atoms with Crippen LogP contribution < -0.4 is 15.4 Å². The molecular formula is C13H20N2O. The molecule has 3 nitrogen and oxygen atoms in total. The summed E-state index contributed by atoms with van der Waals surface area (Å²) in [4.78, 5) is 0. The highest BCUT2D eigenvalue weighted by molar-refractivity contribution is 5.58. The van der Waals surface area contributed by atoms with Crippen molar-refractivity contribution in [3.05, 3.63) is 23.8 Å². The lowest BCUT2D eigenvalue weighted by atomic mass is 10.2. The van der Waals surface area contributed by atoms with E-state index in [2.05, 4.69) is 29.7 Å². The highest BCUT2D eigenvalue weighted by atomic mass is 16.5. The Morgan fingerprint density at radius 1 is 1.50 bits per heavy atom. The number of methoxy groups -OCH3 is 1. The maximum absolute atomic E-state index is 5.33. The minimum atomic E-state index is 0.602. The van der Waals surface area contributed by atoms with Crippen molar-refractivity contribution in [3.8, 4) is 5.75 Å². The molecule has 1 fully saturated rings. The van der Waals surface area contributed by atoms with Crippen molar-refractivity contribution in [1.29, 1.82) is 0 Å². The number of hydrogen-bond acceptors (Lipinski definition) is 3. The molecule has 16 heavy (non-hydrogen) atoms. The smallest absolute Gasteiger partial charge is 0.141 e. The zero-order valence-corrected chi connectivity index (χ0v) is 10.0. The Morgan fingerprint density at radius 2 is 2.38 bits per heavy atom. The molecule has 88 valence electrons. The van der Waals surface area contributed by atoms with Crippen molar-refractivity contribution >= 4 is 5.69 Å². The first-order chi connectivity index (χ1) is 7.79. The van der Waals surface area contributed by atoms with Crippen LogP contribution in [0.15, 0.2) is 18.2 Å². The SMILES string of the molecule is COc1ccc(C)cc1NCC1CCCN1. The third-order valence-corrected chi connectivity index (χ3v) is 3.06. The zero-order valence-electron chi connectivity index (χ0n) is 10.0. The molecule has 1 heterocycles. The summed E-state index contributed by atoms with van der Waals surface area (Å²) in [5.41, 5.74) is 2.35. The van der Waals surface area contributed by atoms with Crippen LogP contribution in [0.1, 0.15) is 18.4 Å². The fourth-order valence-corrected chi connectivity index (χ4v) is 2.12. The van der Waals surface area contributed by atoms with Crippen LogP contribution in [-0.2, 0) is 0 Å². The lowest BCUT2D eigenvalue weighted by Gasteiger charge is -2.15. The van der Waals surface area contributed by atoms with Gasteiger partial charge in [0.25, 0.3) is 0 Å². The van der Waals surface area contributed by atoms with Crippen LogP contribution in [0.25, 0.3) is 0 Å². The van der Waals surface area contributed by atoms with E-state index >= 15 is 0 Å². The maximum atomic E-state index is 5.33. The summed E-state index contributed by atoms with van der Waals surface area (Å²) < 4.78 is 5.33. The van der Waals surface area contributed by atoms with E-state index < -0.39 is 0 Å². The van der Waals surface area contributed by atoms with Gasteiger partial charge in [-0.3, -0.25) is 0 Å². The van der Waals surface area contributed by atoms with E-state index in [4.69, 9.17) is 4.74 Å². The quantitative estimate of drug-likeness (QED) is 0.816. The molecule has 1 aliphatic heterocycles. The van der Waals surface area contributed by atoms with Gasteiger partial charge in [0.2, 0.25) is 0 Å². The highest BCUT2D eigenvalue weighted by Crippen LogP contribution is 2.25. The van der Waals surface area contributed by atoms with Gasteiger partial charge in [0.15, 0.2) is 0 Å². The van der Waals surface area contributed by atoms with Gasteiger partial charge in [-0.15, -0.1) is 0 Å². The summed E-state index contributed by atoms with van der Waals surface area (Å²) in [5, 5.41) is 6.94. The number of rotatable bonds is 4. The number of hydrogen-bond donors (Lipinski definition) is 2. The fraction of sp³-hybridized carbons (Fsp3) is 0.538. The molecule has 0 bridgehead atoms. The topological polar surface area (TPSA) is 33.3 Å². The van der Waals surface area contributed by atoms with E-state index in [-0.39, 0.29) is 0 Å². The number of nitrogens with one attached hydrogen (secondary N) is 2. The van der Waals surface area contributed by atoms with Gasteiger partial charge in [-0.05, 0) is 44.0 Å². The third kappa shape index (κ3) is 2.67. The average molecular weight is 220 g/mol. The summed E-state index contributed by atoms with van der Waals surface area (Å²) in [7, 11) is 1.71. The Bertz CT molecular complexity index is 346. The van der Waals surface area contributed by atoms with Crippen molar-refractivity contribution in [2.24, 2.45) is 0 Å². The van der Waals surface area contributed by atoms with Gasteiger partial charge in [-0.25, -0.2) is 0 Å². The van der Waals surface area contributed by atoms with Crippen LogP contribution >= 0.6 is 0 Å². The molecule has 0 spiro atoms. The molecule has 1 aromatic carbocycles. The van der Waals surface area contributed by atoms with E-state index in [0.717, 1.165) is 24.5 Å². The fourth-order valence-electron chi connectivity index (χ4n) is 2.12. The molecule has 1 aliphatic rings. The molecule has 0 saturated carbocycles. The monoisotopic (exact) mass is 220 g/mol. The van der Waals surface area contributed by atoms with Crippen LogP contribution in [0.4, 0.5) is 5.69 Å². The lowest BCUT2D eigenvalue weighted by molar-refractivity contribution is 0.416. The zero-order chi connectivity index (χ0) is 11.4. The van der Waals surface area contributed by atoms with Crippen molar-refractivity contribution in [3.63, 3.8) is 0 Å². The molecule has 3 heteroatoms. The third-order valence-electron chi connectivity index (χ3n) is 3.06. The van der Waals surface area contributed by atoms with Gasteiger partial charge in [-0.1, -0.05) is 6.07 Å². The first-order valence-electron chi connectivity index (χ1n) is 5.91. The predicted molar refractivity (Wildman–Crippen MR) is 67.2 cm³/mol. The van der Waals surface area contributed by atoms with E-state index in [9.17, 15) is 0 Å². The number of ether oxygens (including phenoxy) is 1. The molecule has 1 atom stereocenters. The molecule has 1 unspecified atom stereocenters. The van der Waals surface area contributed by atoms with E-state index in [1.165, 1.54) is 18.4 Å². The molecule has 0 aliphatic carbocycles. The molecule has 1 aromatic rings. The molecule has 0 aromatic heterocycles. The second-order valence-electron chi connectivity index (χ2n) is 4.38. The summed E-state index contributed by atoms with van der Waals surface area (Å²) in [6.45, 7) is 4.22. The number of aryl methyl sites for hydroxylation is 1. The van der Waals surface area contributed by atoms with Crippen LogP contribution in [0, 0.1) is 6.92 Å². The molecule has 1 saturated heterocycles. The van der Waals surface area contributed by atoms with E-state index in [1.54, 1.807) is 7.11 Å². The Morgan fingerprint density at radius 3 is 3.06 bits per heavy atom. The van der Waals surface area contributed by atoms with Crippen molar-refractivity contribution in [2.75, 3.05) is 25.5 Å². The largest absolute Gasteiger partial charge is 0.495 e. The lowest BCUT2D eigenvalue weighted by Crippen LogP contribution is -2.29. The van der Waals surface area contributed by atoms with Gasteiger partial charge in [0.1, 0.15) is 5.75 Å². The summed E-state index contributed by atoms with van der Waals surface area (Å²) in [6.07, 6.45) is 2.55. The maximum Gasteiger partial charge on any atom is 0.141 e. The van der Waals surface area contributed by atoms with E-state index in [0.29, 0.717) is 6.04 Å². The van der Waals surface area contributed by atoms with Crippen LogP contribution in [0.3, 0.4) is 0 Å². The number of benzene rings is 1. The molecule has 2 N–H and O–H groups in total. The number of anilines is 1. The first-order valence-corrected chi connectivity index (χ1v) is 5.91. The second kappa shape index (κ2) is 5.21. The van der Waals surface area contributed by atoms with Crippen molar-refractivity contribution < 1.29 is 4.74 Å².